The summed E-state index contributed by atoms with van der Waals surface area (Å²) in [5, 5.41) is 11.7. The van der Waals surface area contributed by atoms with Crippen molar-refractivity contribution in [1.29, 1.82) is 5.26 Å². The largest absolute Gasteiger partial charge is 0.350 e. The quantitative estimate of drug-likeness (QED) is 0.869. The molecule has 27 heavy (non-hydrogen) atoms. The first-order valence-electron chi connectivity index (χ1n) is 9.04. The summed E-state index contributed by atoms with van der Waals surface area (Å²) in [7, 11) is 0. The maximum absolute atomic E-state index is 12.6. The van der Waals surface area contributed by atoms with Gasteiger partial charge in [-0.05, 0) is 43.8 Å². The molecule has 2 N–H and O–H groups in total. The number of carbonyl (C=O) groups excluding carboxylic acids is 2. The van der Waals surface area contributed by atoms with Crippen molar-refractivity contribution in [2.24, 2.45) is 0 Å². The lowest BCUT2D eigenvalue weighted by molar-refractivity contribution is 0.0643. The fourth-order valence-electron chi connectivity index (χ4n) is 3.20. The Bertz CT molecular complexity index is 871. The van der Waals surface area contributed by atoms with Crippen molar-refractivity contribution < 1.29 is 9.59 Å². The number of carbonyl (C=O) groups is 2. The summed E-state index contributed by atoms with van der Waals surface area (Å²) >= 11 is 0. The van der Waals surface area contributed by atoms with Crippen LogP contribution in [-0.2, 0) is 0 Å². The average molecular weight is 365 g/mol. The molecular weight excluding hydrogens is 342 g/mol. The summed E-state index contributed by atoms with van der Waals surface area (Å²) in [6, 6.07) is 10.4. The van der Waals surface area contributed by atoms with Crippen LogP contribution in [0, 0.1) is 18.3 Å². The second-order valence-electron chi connectivity index (χ2n) is 6.59. The molecule has 7 nitrogen and oxygen atoms in total. The van der Waals surface area contributed by atoms with Crippen molar-refractivity contribution in [3.63, 3.8) is 0 Å². The third kappa shape index (κ3) is 4.18. The van der Waals surface area contributed by atoms with E-state index in [0.29, 0.717) is 28.2 Å². The van der Waals surface area contributed by atoms with Crippen molar-refractivity contribution in [3.05, 3.63) is 52.8 Å². The third-order valence-electron chi connectivity index (χ3n) is 4.88. The number of rotatable bonds is 4. The van der Waals surface area contributed by atoms with Crippen molar-refractivity contribution >= 4 is 17.5 Å². The second-order valence-corrected chi connectivity index (χ2v) is 6.59. The maximum Gasteiger partial charge on any atom is 0.257 e. The summed E-state index contributed by atoms with van der Waals surface area (Å²) in [6.07, 6.45) is 0. The third-order valence-corrected chi connectivity index (χ3v) is 4.88. The van der Waals surface area contributed by atoms with E-state index in [1.54, 1.807) is 31.2 Å². The molecule has 0 saturated carbocycles. The van der Waals surface area contributed by atoms with Gasteiger partial charge in [0.15, 0.2) is 0 Å². The Labute approximate surface area is 158 Å². The standard InChI is InChI=1S/C20H23N5O2/c1-3-24-8-10-25(11-9-24)20(27)15-4-6-16(7-5-15)23-19(26)18-12-17(13-21)22-14(18)2/h4-7,12,22H,3,8-11H2,1-2H3,(H,23,26). The fourth-order valence-corrected chi connectivity index (χ4v) is 3.20. The topological polar surface area (TPSA) is 92.2 Å². The highest BCUT2D eigenvalue weighted by Gasteiger charge is 2.21. The number of amides is 2. The first kappa shape index (κ1) is 18.7. The number of likely N-dealkylation sites (N-methyl/N-ethyl adjacent to an activating group) is 1. The van der Waals surface area contributed by atoms with Gasteiger partial charge in [0.05, 0.1) is 5.56 Å². The second kappa shape index (κ2) is 8.06. The Hall–Kier alpha value is -3.11. The number of hydrogen-bond donors (Lipinski definition) is 2. The molecule has 2 heterocycles. The Morgan fingerprint density at radius 2 is 1.85 bits per heavy atom. The molecule has 1 aromatic carbocycles. The summed E-state index contributed by atoms with van der Waals surface area (Å²) in [6.45, 7) is 8.15. The molecule has 0 aliphatic carbocycles. The predicted molar refractivity (Wildman–Crippen MR) is 103 cm³/mol. The molecule has 0 unspecified atom stereocenters. The van der Waals surface area contributed by atoms with E-state index >= 15 is 0 Å². The normalized spacial score (nSPS) is 14.6. The molecule has 0 bridgehead atoms. The first-order chi connectivity index (χ1) is 13.0. The van der Waals surface area contributed by atoms with Crippen molar-refractivity contribution in [2.75, 3.05) is 38.0 Å². The number of benzene rings is 1. The molecule has 140 valence electrons. The highest BCUT2D eigenvalue weighted by atomic mass is 16.2. The lowest BCUT2D eigenvalue weighted by Gasteiger charge is -2.34. The summed E-state index contributed by atoms with van der Waals surface area (Å²) in [4.78, 5) is 32.0. The SMILES string of the molecule is CCN1CCN(C(=O)c2ccc(NC(=O)c3cc(C#N)[nH]c3C)cc2)CC1. The molecule has 7 heteroatoms. The van der Waals surface area contributed by atoms with E-state index in [9.17, 15) is 9.59 Å². The van der Waals surface area contributed by atoms with Crippen molar-refractivity contribution in [2.45, 2.75) is 13.8 Å². The molecular formula is C20H23N5O2. The molecule has 1 aliphatic heterocycles. The van der Waals surface area contributed by atoms with Gasteiger partial charge >= 0.3 is 0 Å². The molecule has 0 atom stereocenters. The minimum Gasteiger partial charge on any atom is -0.350 e. The molecule has 0 spiro atoms. The van der Waals surface area contributed by atoms with Crippen molar-refractivity contribution in [3.8, 4) is 6.07 Å². The van der Waals surface area contributed by atoms with Crippen LogP contribution in [0.25, 0.3) is 0 Å². The number of aromatic nitrogens is 1. The number of anilines is 1. The average Bonchev–Trinajstić information content (AvgIpc) is 3.09. The van der Waals surface area contributed by atoms with Gasteiger partial charge in [0.25, 0.3) is 11.8 Å². The number of nitrogens with one attached hydrogen (secondary N) is 2. The summed E-state index contributed by atoms with van der Waals surface area (Å²) < 4.78 is 0. The monoisotopic (exact) mass is 365 g/mol. The minimum atomic E-state index is -0.292. The van der Waals surface area contributed by atoms with Crippen LogP contribution in [0.2, 0.25) is 0 Å². The van der Waals surface area contributed by atoms with Crippen LogP contribution in [0.5, 0.6) is 0 Å². The number of aromatic amines is 1. The van der Waals surface area contributed by atoms with Crippen LogP contribution in [0.15, 0.2) is 30.3 Å². The van der Waals surface area contributed by atoms with Crippen LogP contribution in [-0.4, -0.2) is 59.3 Å². The van der Waals surface area contributed by atoms with E-state index < -0.39 is 0 Å². The van der Waals surface area contributed by atoms with Crippen LogP contribution >= 0.6 is 0 Å². The van der Waals surface area contributed by atoms with E-state index in [2.05, 4.69) is 22.1 Å². The zero-order chi connectivity index (χ0) is 19.4. The van der Waals surface area contributed by atoms with Gasteiger partial charge in [0, 0.05) is 43.1 Å². The van der Waals surface area contributed by atoms with E-state index in [1.807, 2.05) is 11.0 Å². The number of nitriles is 1. The number of piperazine rings is 1. The highest BCUT2D eigenvalue weighted by molar-refractivity contribution is 6.05. The molecule has 3 rings (SSSR count). The molecule has 1 saturated heterocycles. The Morgan fingerprint density at radius 1 is 1.19 bits per heavy atom. The molecule has 1 aromatic heterocycles. The predicted octanol–water partition coefficient (Wildman–Crippen LogP) is 2.22. The molecule has 2 amide bonds. The smallest absolute Gasteiger partial charge is 0.257 e. The van der Waals surface area contributed by atoms with Gasteiger partial charge in [-0.25, -0.2) is 0 Å². The van der Waals surface area contributed by atoms with Gasteiger partial charge in [-0.2, -0.15) is 5.26 Å². The lowest BCUT2D eigenvalue weighted by Crippen LogP contribution is -2.48. The lowest BCUT2D eigenvalue weighted by atomic mass is 10.1. The number of nitrogens with zero attached hydrogens (tertiary/aromatic N) is 3. The Balaban J connectivity index is 1.63. The minimum absolute atomic E-state index is 0.0174. The Morgan fingerprint density at radius 3 is 2.41 bits per heavy atom. The molecule has 1 fully saturated rings. The fraction of sp³-hybridized carbons (Fsp3) is 0.350. The van der Waals surface area contributed by atoms with Crippen LogP contribution < -0.4 is 5.32 Å². The Kier molecular flexibility index (Phi) is 5.57. The number of hydrogen-bond acceptors (Lipinski definition) is 4. The van der Waals surface area contributed by atoms with Crippen LogP contribution in [0.4, 0.5) is 5.69 Å². The number of aryl methyl sites for hydroxylation is 1. The van der Waals surface area contributed by atoms with Gasteiger partial charge in [-0.1, -0.05) is 6.92 Å². The molecule has 0 radical (unpaired) electrons. The summed E-state index contributed by atoms with van der Waals surface area (Å²) in [5.41, 5.74) is 2.64. The summed E-state index contributed by atoms with van der Waals surface area (Å²) in [5.74, 6) is -0.274. The van der Waals surface area contributed by atoms with Gasteiger partial charge in [0.2, 0.25) is 0 Å². The zero-order valence-corrected chi connectivity index (χ0v) is 15.6. The van der Waals surface area contributed by atoms with Gasteiger partial charge in [-0.15, -0.1) is 0 Å². The first-order valence-corrected chi connectivity index (χ1v) is 9.04. The maximum atomic E-state index is 12.6. The molecule has 2 aromatic rings. The highest BCUT2D eigenvalue weighted by Crippen LogP contribution is 2.16. The van der Waals surface area contributed by atoms with E-state index in [0.717, 1.165) is 32.7 Å². The van der Waals surface area contributed by atoms with Crippen molar-refractivity contribution in [1.82, 2.24) is 14.8 Å². The van der Waals surface area contributed by atoms with Crippen LogP contribution in [0.3, 0.4) is 0 Å². The number of H-pyrrole nitrogens is 1. The van der Waals surface area contributed by atoms with E-state index in [4.69, 9.17) is 5.26 Å². The molecule has 1 aliphatic rings. The van der Waals surface area contributed by atoms with Gasteiger partial charge < -0.3 is 20.1 Å². The van der Waals surface area contributed by atoms with E-state index in [-0.39, 0.29) is 11.8 Å². The zero-order valence-electron chi connectivity index (χ0n) is 15.6. The van der Waals surface area contributed by atoms with Gasteiger partial charge in [0.1, 0.15) is 11.8 Å². The van der Waals surface area contributed by atoms with Gasteiger partial charge in [-0.3, -0.25) is 9.59 Å². The van der Waals surface area contributed by atoms with Crippen LogP contribution in [0.1, 0.15) is 39.0 Å². The van der Waals surface area contributed by atoms with E-state index in [1.165, 1.54) is 6.07 Å².